The van der Waals surface area contributed by atoms with E-state index in [2.05, 4.69) is 24.3 Å². The summed E-state index contributed by atoms with van der Waals surface area (Å²) in [5.41, 5.74) is 0. The first-order valence-corrected chi connectivity index (χ1v) is 3.76. The smallest absolute Gasteiger partial charge is 0.0969 e. The van der Waals surface area contributed by atoms with Crippen molar-refractivity contribution >= 4 is 0 Å². The molecule has 3 heteroatoms. The van der Waals surface area contributed by atoms with Gasteiger partial charge in [0.2, 0.25) is 0 Å². The molecule has 10 heavy (non-hydrogen) atoms. The molecule has 1 rings (SSSR count). The zero-order chi connectivity index (χ0) is 7.40. The first kappa shape index (κ1) is 7.98. The average Bonchev–Trinajstić information content (AvgIpc) is 1.88. The third-order valence-corrected chi connectivity index (χ3v) is 1.63. The molecule has 0 spiro atoms. The lowest BCUT2D eigenvalue weighted by atomic mass is 10.2. The Morgan fingerprint density at radius 3 is 2.90 bits per heavy atom. The summed E-state index contributed by atoms with van der Waals surface area (Å²) in [6.07, 6.45) is 1.58. The van der Waals surface area contributed by atoms with Crippen molar-refractivity contribution in [2.24, 2.45) is 0 Å². The van der Waals surface area contributed by atoms with Gasteiger partial charge in [-0.15, -0.1) is 0 Å². The minimum atomic E-state index is 0.441. The summed E-state index contributed by atoms with van der Waals surface area (Å²) in [6.45, 7) is 2.86. The van der Waals surface area contributed by atoms with Crippen LogP contribution in [0.2, 0.25) is 0 Å². The first-order chi connectivity index (χ1) is 4.79. The number of rotatable bonds is 2. The van der Waals surface area contributed by atoms with Crippen LogP contribution in [-0.4, -0.2) is 44.9 Å². The van der Waals surface area contributed by atoms with Crippen molar-refractivity contribution in [2.75, 3.05) is 33.9 Å². The van der Waals surface area contributed by atoms with Crippen LogP contribution in [0.15, 0.2) is 0 Å². The molecule has 1 fully saturated rings. The van der Waals surface area contributed by atoms with Crippen LogP contribution in [0.25, 0.3) is 0 Å². The molecule has 1 atom stereocenters. The molecular formula is C7H16N2O. The summed E-state index contributed by atoms with van der Waals surface area (Å²) < 4.78 is 5.44. The van der Waals surface area contributed by atoms with Gasteiger partial charge in [0.05, 0.1) is 12.8 Å². The van der Waals surface area contributed by atoms with Gasteiger partial charge in [0.1, 0.15) is 0 Å². The molecular weight excluding hydrogens is 128 g/mol. The van der Waals surface area contributed by atoms with Gasteiger partial charge in [-0.1, -0.05) is 0 Å². The highest BCUT2D eigenvalue weighted by Crippen LogP contribution is 2.01. The minimum absolute atomic E-state index is 0.441. The molecule has 60 valence electrons. The summed E-state index contributed by atoms with van der Waals surface area (Å²) in [4.78, 5) is 2.16. The van der Waals surface area contributed by atoms with E-state index >= 15 is 0 Å². The molecule has 0 aliphatic carbocycles. The molecule has 0 saturated carbocycles. The van der Waals surface area contributed by atoms with E-state index in [1.165, 1.54) is 0 Å². The lowest BCUT2D eigenvalue weighted by Crippen LogP contribution is -2.39. The maximum absolute atomic E-state index is 5.44. The molecule has 1 N–H and O–H groups in total. The van der Waals surface area contributed by atoms with Crippen LogP contribution in [0, 0.1) is 0 Å². The fourth-order valence-electron chi connectivity index (χ4n) is 1.15. The van der Waals surface area contributed by atoms with Gasteiger partial charge in [-0.05, 0) is 27.1 Å². The van der Waals surface area contributed by atoms with Gasteiger partial charge in [-0.25, -0.2) is 0 Å². The summed E-state index contributed by atoms with van der Waals surface area (Å²) in [7, 11) is 4.15. The Labute approximate surface area is 62.3 Å². The predicted octanol–water partition coefficient (Wildman–Crippen LogP) is -0.116. The fourth-order valence-corrected chi connectivity index (χ4v) is 1.15. The molecule has 3 nitrogen and oxygen atoms in total. The molecule has 0 radical (unpaired) electrons. The Kier molecular flexibility index (Phi) is 3.12. The van der Waals surface area contributed by atoms with Crippen LogP contribution in [-0.2, 0) is 4.74 Å². The van der Waals surface area contributed by atoms with Crippen molar-refractivity contribution in [3.8, 4) is 0 Å². The van der Waals surface area contributed by atoms with Gasteiger partial charge in [0, 0.05) is 6.54 Å². The topological polar surface area (TPSA) is 24.5 Å². The van der Waals surface area contributed by atoms with E-state index < -0.39 is 0 Å². The van der Waals surface area contributed by atoms with Crippen LogP contribution in [0.5, 0.6) is 0 Å². The number of likely N-dealkylation sites (N-methyl/N-ethyl adjacent to an activating group) is 1. The lowest BCUT2D eigenvalue weighted by Gasteiger charge is -2.25. The first-order valence-electron chi connectivity index (χ1n) is 3.76. The standard InChI is InChI=1S/C7H16N2O/c1-9(2)5-7-3-4-8-6-10-7/h7-8H,3-6H2,1-2H3. The second kappa shape index (κ2) is 3.91. The maximum atomic E-state index is 5.44. The Morgan fingerprint density at radius 2 is 2.40 bits per heavy atom. The maximum Gasteiger partial charge on any atom is 0.0969 e. The molecule has 1 unspecified atom stereocenters. The third-order valence-electron chi connectivity index (χ3n) is 1.63. The monoisotopic (exact) mass is 144 g/mol. The minimum Gasteiger partial charge on any atom is -0.362 e. The van der Waals surface area contributed by atoms with Crippen molar-refractivity contribution in [1.29, 1.82) is 0 Å². The van der Waals surface area contributed by atoms with Gasteiger partial charge < -0.3 is 9.64 Å². The summed E-state index contributed by atoms with van der Waals surface area (Å²) in [5.74, 6) is 0. The van der Waals surface area contributed by atoms with E-state index in [1.807, 2.05) is 0 Å². The highest BCUT2D eigenvalue weighted by atomic mass is 16.5. The molecule has 0 bridgehead atoms. The van der Waals surface area contributed by atoms with Crippen molar-refractivity contribution < 1.29 is 4.74 Å². The molecule has 0 aromatic carbocycles. The van der Waals surface area contributed by atoms with E-state index in [-0.39, 0.29) is 0 Å². The Morgan fingerprint density at radius 1 is 1.60 bits per heavy atom. The Balaban J connectivity index is 2.13. The quantitative estimate of drug-likeness (QED) is 0.585. The molecule has 1 aliphatic rings. The molecule has 1 heterocycles. The van der Waals surface area contributed by atoms with Gasteiger partial charge in [0.15, 0.2) is 0 Å². The normalized spacial score (nSPS) is 27.3. The number of nitrogens with zero attached hydrogens (tertiary/aromatic N) is 1. The zero-order valence-corrected chi connectivity index (χ0v) is 6.76. The third kappa shape index (κ3) is 2.64. The Bertz CT molecular complexity index is 89.6. The van der Waals surface area contributed by atoms with Gasteiger partial charge in [-0.2, -0.15) is 0 Å². The summed E-state index contributed by atoms with van der Waals surface area (Å²) >= 11 is 0. The van der Waals surface area contributed by atoms with Crippen molar-refractivity contribution in [3.63, 3.8) is 0 Å². The molecule has 0 aromatic rings. The van der Waals surface area contributed by atoms with Crippen LogP contribution < -0.4 is 5.32 Å². The summed E-state index contributed by atoms with van der Waals surface area (Å²) in [6, 6.07) is 0. The molecule has 1 saturated heterocycles. The van der Waals surface area contributed by atoms with Crippen LogP contribution in [0.1, 0.15) is 6.42 Å². The zero-order valence-electron chi connectivity index (χ0n) is 6.76. The SMILES string of the molecule is CN(C)CC1CCNCO1. The molecule has 0 aromatic heterocycles. The van der Waals surface area contributed by atoms with Crippen LogP contribution >= 0.6 is 0 Å². The van der Waals surface area contributed by atoms with Crippen molar-refractivity contribution in [3.05, 3.63) is 0 Å². The number of nitrogens with one attached hydrogen (secondary N) is 1. The predicted molar refractivity (Wildman–Crippen MR) is 40.9 cm³/mol. The molecule has 1 aliphatic heterocycles. The highest BCUT2D eigenvalue weighted by Gasteiger charge is 2.12. The number of hydrogen-bond acceptors (Lipinski definition) is 3. The van der Waals surface area contributed by atoms with Gasteiger partial charge >= 0.3 is 0 Å². The van der Waals surface area contributed by atoms with E-state index in [0.29, 0.717) is 6.10 Å². The van der Waals surface area contributed by atoms with E-state index in [9.17, 15) is 0 Å². The average molecular weight is 144 g/mol. The van der Waals surface area contributed by atoms with Gasteiger partial charge in [-0.3, -0.25) is 5.32 Å². The van der Waals surface area contributed by atoms with Crippen molar-refractivity contribution in [2.45, 2.75) is 12.5 Å². The lowest BCUT2D eigenvalue weighted by molar-refractivity contribution is -0.00557. The van der Waals surface area contributed by atoms with Gasteiger partial charge in [0.25, 0.3) is 0 Å². The summed E-state index contributed by atoms with van der Waals surface area (Å²) in [5, 5.41) is 3.15. The van der Waals surface area contributed by atoms with Crippen molar-refractivity contribution in [1.82, 2.24) is 10.2 Å². The number of ether oxygens (including phenoxy) is 1. The highest BCUT2D eigenvalue weighted by molar-refractivity contribution is 4.65. The van der Waals surface area contributed by atoms with Crippen LogP contribution in [0.3, 0.4) is 0 Å². The fraction of sp³-hybridized carbons (Fsp3) is 1.00. The van der Waals surface area contributed by atoms with E-state index in [0.717, 1.165) is 26.2 Å². The van der Waals surface area contributed by atoms with E-state index in [4.69, 9.17) is 4.74 Å². The molecule has 0 amide bonds. The second-order valence-electron chi connectivity index (χ2n) is 2.98. The Hall–Kier alpha value is -0.120. The number of hydrogen-bond donors (Lipinski definition) is 1. The largest absolute Gasteiger partial charge is 0.362 e. The second-order valence-corrected chi connectivity index (χ2v) is 2.98. The van der Waals surface area contributed by atoms with Crippen LogP contribution in [0.4, 0.5) is 0 Å². The van der Waals surface area contributed by atoms with E-state index in [1.54, 1.807) is 0 Å².